The molecule has 3 heteroatoms. The van der Waals surface area contributed by atoms with Crippen LogP contribution in [0.4, 0.5) is 0 Å². The predicted molar refractivity (Wildman–Crippen MR) is 44.6 cm³/mol. The summed E-state index contributed by atoms with van der Waals surface area (Å²) < 4.78 is 0. The van der Waals surface area contributed by atoms with E-state index in [0.717, 1.165) is 6.21 Å². The number of rotatable bonds is 3. The number of nitrogens with one attached hydrogen (secondary N) is 1. The van der Waals surface area contributed by atoms with Crippen LogP contribution in [0.2, 0.25) is 0 Å². The van der Waals surface area contributed by atoms with Crippen LogP contribution in [0.1, 0.15) is 0 Å². The van der Waals surface area contributed by atoms with Gasteiger partial charge >= 0.3 is 0 Å². The van der Waals surface area contributed by atoms with Gasteiger partial charge in [-0.2, -0.15) is 0 Å². The molecule has 0 heterocycles. The van der Waals surface area contributed by atoms with Crippen LogP contribution in [0.25, 0.3) is 0 Å². The second-order valence-electron chi connectivity index (χ2n) is 1.65. The maximum absolute atomic E-state index is 6.90. The lowest BCUT2D eigenvalue weighted by molar-refractivity contribution is 1.40. The van der Waals surface area contributed by atoms with E-state index < -0.39 is 0 Å². The fraction of sp³-hybridized carbons (Fsp3) is 0.143. The van der Waals surface area contributed by atoms with Crippen LogP contribution in [-0.4, -0.2) is 19.5 Å². The molecule has 0 amide bonds. The van der Waals surface area contributed by atoms with Gasteiger partial charge in [0.25, 0.3) is 0 Å². The molecule has 54 valence electrons. The Labute approximate surface area is 60.5 Å². The lowest BCUT2D eigenvalue weighted by Gasteiger charge is -1.93. The molecule has 0 atom stereocenters. The Balaban J connectivity index is 4.61. The fourth-order valence-electron chi connectivity index (χ4n) is 0.452. The molecule has 0 aliphatic rings. The van der Waals surface area contributed by atoms with Gasteiger partial charge in [0.05, 0.1) is 0 Å². The van der Waals surface area contributed by atoms with Crippen LogP contribution in [-0.2, 0) is 0 Å². The Bertz CT molecular complexity index is 189. The largest absolute Gasteiger partial charge is 0.398 e. The third kappa shape index (κ3) is 2.26. The Morgan fingerprint density at radius 2 is 2.30 bits per heavy atom. The van der Waals surface area contributed by atoms with Gasteiger partial charge in [-0.05, 0) is 6.08 Å². The van der Waals surface area contributed by atoms with E-state index in [1.165, 1.54) is 12.3 Å². The first-order valence-electron chi connectivity index (χ1n) is 2.81. The van der Waals surface area contributed by atoms with Crippen LogP contribution in [0.3, 0.4) is 0 Å². The van der Waals surface area contributed by atoms with E-state index in [2.05, 4.69) is 11.6 Å². The van der Waals surface area contributed by atoms with E-state index in [0.29, 0.717) is 11.3 Å². The van der Waals surface area contributed by atoms with Gasteiger partial charge in [0.1, 0.15) is 0 Å². The van der Waals surface area contributed by atoms with Gasteiger partial charge in [-0.3, -0.25) is 4.99 Å². The average Bonchev–Trinajstić information content (AvgIpc) is 1.99. The highest BCUT2D eigenvalue weighted by molar-refractivity contribution is 6.03. The molecule has 0 radical (unpaired) electrons. The molecule has 0 aliphatic heterocycles. The third-order valence-electron chi connectivity index (χ3n) is 0.977. The quantitative estimate of drug-likeness (QED) is 0.437. The molecule has 0 aromatic heterocycles. The Kier molecular flexibility index (Phi) is 3.87. The summed E-state index contributed by atoms with van der Waals surface area (Å²) in [6.07, 6.45) is 4.15. The zero-order chi connectivity index (χ0) is 7.98. The lowest BCUT2D eigenvalue weighted by atomic mass is 10.2. The summed E-state index contributed by atoms with van der Waals surface area (Å²) in [4.78, 5) is 3.71. The zero-order valence-corrected chi connectivity index (χ0v) is 5.96. The maximum atomic E-state index is 6.90. The maximum Gasteiger partial charge on any atom is 0.0412 e. The second kappa shape index (κ2) is 4.49. The van der Waals surface area contributed by atoms with Crippen molar-refractivity contribution in [1.82, 2.24) is 0 Å². The van der Waals surface area contributed by atoms with E-state index >= 15 is 0 Å². The van der Waals surface area contributed by atoms with E-state index in [9.17, 15) is 0 Å². The number of aliphatic imine (C=N–C) groups is 1. The number of allylic oxidation sites excluding steroid dienone is 2. The van der Waals surface area contributed by atoms with Crippen molar-refractivity contribution in [1.29, 1.82) is 5.41 Å². The minimum atomic E-state index is 0.473. The van der Waals surface area contributed by atoms with Gasteiger partial charge in [-0.1, -0.05) is 6.58 Å². The Morgan fingerprint density at radius 3 is 2.60 bits per heavy atom. The summed E-state index contributed by atoms with van der Waals surface area (Å²) >= 11 is 0. The van der Waals surface area contributed by atoms with Crippen LogP contribution < -0.4 is 5.73 Å². The normalized spacial score (nSPS) is 12.9. The van der Waals surface area contributed by atoms with Crippen molar-refractivity contribution >= 4 is 12.4 Å². The number of nitrogens with two attached hydrogens (primary N) is 1. The summed E-state index contributed by atoms with van der Waals surface area (Å²) in [5, 5.41) is 6.90. The summed E-state index contributed by atoms with van der Waals surface area (Å²) in [6.45, 7) is 3.46. The molecule has 0 fully saturated rings. The minimum absolute atomic E-state index is 0.473. The smallest absolute Gasteiger partial charge is 0.0412 e. The molecule has 0 aromatic carbocycles. The number of hydrogen-bond acceptors (Lipinski definition) is 3. The molecule has 3 nitrogen and oxygen atoms in total. The van der Waals surface area contributed by atoms with Gasteiger partial charge in [-0.15, -0.1) is 0 Å². The predicted octanol–water partition coefficient (Wildman–Crippen LogP) is 0.735. The van der Waals surface area contributed by atoms with E-state index in [-0.39, 0.29) is 0 Å². The van der Waals surface area contributed by atoms with Gasteiger partial charge in [0.2, 0.25) is 0 Å². The van der Waals surface area contributed by atoms with Crippen LogP contribution in [0.5, 0.6) is 0 Å². The van der Waals surface area contributed by atoms with Crippen molar-refractivity contribution in [2.75, 3.05) is 7.05 Å². The Hall–Kier alpha value is -1.38. The van der Waals surface area contributed by atoms with Crippen molar-refractivity contribution in [3.63, 3.8) is 0 Å². The van der Waals surface area contributed by atoms with Crippen molar-refractivity contribution in [2.24, 2.45) is 10.7 Å². The molecular formula is C7H11N3. The first-order valence-corrected chi connectivity index (χ1v) is 2.81. The van der Waals surface area contributed by atoms with Crippen LogP contribution in [0.15, 0.2) is 28.9 Å². The first kappa shape index (κ1) is 8.62. The topological polar surface area (TPSA) is 62.2 Å². The van der Waals surface area contributed by atoms with Crippen molar-refractivity contribution in [3.8, 4) is 0 Å². The summed E-state index contributed by atoms with van der Waals surface area (Å²) in [6, 6.07) is 0. The fourth-order valence-corrected chi connectivity index (χ4v) is 0.452. The highest BCUT2D eigenvalue weighted by Gasteiger charge is 1.90. The molecule has 0 saturated heterocycles. The van der Waals surface area contributed by atoms with Crippen molar-refractivity contribution < 1.29 is 0 Å². The van der Waals surface area contributed by atoms with Gasteiger partial charge in [0.15, 0.2) is 0 Å². The third-order valence-corrected chi connectivity index (χ3v) is 0.977. The molecule has 10 heavy (non-hydrogen) atoms. The molecule has 0 rings (SSSR count). The standard InChI is InChI=1S/C7H11N3/c1-3-7(9)6(4-8)5-10-2/h3-5,8H,1,9H2,2H3. The second-order valence-corrected chi connectivity index (χ2v) is 1.65. The van der Waals surface area contributed by atoms with Crippen LogP contribution >= 0.6 is 0 Å². The molecular weight excluding hydrogens is 126 g/mol. The minimum Gasteiger partial charge on any atom is -0.398 e. The highest BCUT2D eigenvalue weighted by Crippen LogP contribution is 1.92. The monoisotopic (exact) mass is 137 g/mol. The first-order chi connectivity index (χ1) is 4.76. The van der Waals surface area contributed by atoms with Gasteiger partial charge in [0, 0.05) is 30.7 Å². The lowest BCUT2D eigenvalue weighted by Crippen LogP contribution is -2.01. The van der Waals surface area contributed by atoms with Crippen molar-refractivity contribution in [3.05, 3.63) is 23.9 Å². The van der Waals surface area contributed by atoms with Crippen LogP contribution in [0, 0.1) is 5.41 Å². The number of hydrogen-bond donors (Lipinski definition) is 2. The van der Waals surface area contributed by atoms with Gasteiger partial charge in [-0.25, -0.2) is 0 Å². The van der Waals surface area contributed by atoms with E-state index in [4.69, 9.17) is 11.1 Å². The highest BCUT2D eigenvalue weighted by atomic mass is 14.7. The molecule has 0 unspecified atom stereocenters. The molecule has 0 aliphatic carbocycles. The summed E-state index contributed by atoms with van der Waals surface area (Å²) in [5.41, 5.74) is 6.49. The summed E-state index contributed by atoms with van der Waals surface area (Å²) in [7, 11) is 1.62. The summed E-state index contributed by atoms with van der Waals surface area (Å²) in [5.74, 6) is 0. The average molecular weight is 137 g/mol. The molecule has 0 saturated carbocycles. The molecule has 0 bridgehead atoms. The molecule has 3 N–H and O–H groups in total. The zero-order valence-electron chi connectivity index (χ0n) is 5.96. The molecule has 0 spiro atoms. The van der Waals surface area contributed by atoms with E-state index in [1.807, 2.05) is 0 Å². The van der Waals surface area contributed by atoms with Gasteiger partial charge < -0.3 is 11.1 Å². The molecule has 0 aromatic rings. The Morgan fingerprint density at radius 1 is 1.70 bits per heavy atom. The van der Waals surface area contributed by atoms with Crippen molar-refractivity contribution in [2.45, 2.75) is 0 Å². The van der Waals surface area contributed by atoms with E-state index in [1.54, 1.807) is 7.05 Å². The number of nitrogens with zero attached hydrogens (tertiary/aromatic N) is 1. The SMILES string of the molecule is C=CC(N)=C(C=N)C=NC.